The van der Waals surface area contributed by atoms with E-state index in [9.17, 15) is 9.59 Å². The van der Waals surface area contributed by atoms with Gasteiger partial charge in [-0.15, -0.1) is 11.3 Å². The number of hydrogen-bond acceptors (Lipinski definition) is 5. The molecular weight excluding hydrogens is 422 g/mol. The molecule has 3 aromatic rings. The zero-order valence-corrected chi connectivity index (χ0v) is 18.0. The van der Waals surface area contributed by atoms with Gasteiger partial charge in [-0.1, -0.05) is 29.8 Å². The molecule has 154 valence electrons. The van der Waals surface area contributed by atoms with Crippen LogP contribution in [-0.2, 0) is 16.2 Å². The van der Waals surface area contributed by atoms with Gasteiger partial charge >= 0.3 is 0 Å². The number of para-hydroxylation sites is 1. The molecule has 0 bridgehead atoms. The van der Waals surface area contributed by atoms with E-state index in [-0.39, 0.29) is 11.8 Å². The lowest BCUT2D eigenvalue weighted by Gasteiger charge is -2.09. The van der Waals surface area contributed by atoms with Crippen LogP contribution in [0.1, 0.15) is 23.2 Å². The summed E-state index contributed by atoms with van der Waals surface area (Å²) in [5.74, 6) is 0.126. The Morgan fingerprint density at radius 2 is 2.00 bits per heavy atom. The highest BCUT2D eigenvalue weighted by Gasteiger charge is 2.06. The molecule has 0 radical (unpaired) electrons. The van der Waals surface area contributed by atoms with Crippen molar-refractivity contribution < 1.29 is 14.3 Å². The lowest BCUT2D eigenvalue weighted by Crippen LogP contribution is -2.09. The molecule has 6 nitrogen and oxygen atoms in total. The van der Waals surface area contributed by atoms with Crippen molar-refractivity contribution in [1.29, 1.82) is 0 Å². The van der Waals surface area contributed by atoms with Crippen LogP contribution in [0.4, 0.5) is 11.4 Å². The fourth-order valence-corrected chi connectivity index (χ4v) is 3.43. The SMILES string of the molecule is CC(=O)Nc1ccc(NC(=O)/C=C/c2ccccc2OCc2csc(C)n2)cc1Cl. The molecule has 0 unspecified atom stereocenters. The summed E-state index contributed by atoms with van der Waals surface area (Å²) in [4.78, 5) is 27.8. The quantitative estimate of drug-likeness (QED) is 0.488. The zero-order valence-electron chi connectivity index (χ0n) is 16.4. The summed E-state index contributed by atoms with van der Waals surface area (Å²) in [7, 11) is 0. The van der Waals surface area contributed by atoms with Crippen LogP contribution in [0.3, 0.4) is 0 Å². The van der Waals surface area contributed by atoms with Gasteiger partial charge in [0.1, 0.15) is 12.4 Å². The molecular formula is C22H20ClN3O3S. The largest absolute Gasteiger partial charge is 0.487 e. The van der Waals surface area contributed by atoms with Gasteiger partial charge in [-0.3, -0.25) is 9.59 Å². The first-order valence-electron chi connectivity index (χ1n) is 9.10. The van der Waals surface area contributed by atoms with Gasteiger partial charge in [0.25, 0.3) is 0 Å². The first-order chi connectivity index (χ1) is 14.4. The Kier molecular flexibility index (Phi) is 7.21. The summed E-state index contributed by atoms with van der Waals surface area (Å²) in [5, 5.41) is 8.65. The minimum Gasteiger partial charge on any atom is -0.487 e. The van der Waals surface area contributed by atoms with Gasteiger partial charge in [-0.2, -0.15) is 0 Å². The third-order valence-electron chi connectivity index (χ3n) is 3.92. The molecule has 0 spiro atoms. The van der Waals surface area contributed by atoms with Crippen LogP contribution in [-0.4, -0.2) is 16.8 Å². The van der Waals surface area contributed by atoms with Crippen molar-refractivity contribution >= 4 is 52.2 Å². The number of rotatable bonds is 7. The third-order valence-corrected chi connectivity index (χ3v) is 5.06. The van der Waals surface area contributed by atoms with Crippen molar-refractivity contribution in [3.05, 3.63) is 75.2 Å². The first-order valence-corrected chi connectivity index (χ1v) is 10.4. The number of halogens is 1. The molecule has 0 fully saturated rings. The molecule has 3 rings (SSSR count). The topological polar surface area (TPSA) is 80.3 Å². The van der Waals surface area contributed by atoms with E-state index >= 15 is 0 Å². The first kappa shape index (κ1) is 21.5. The number of nitrogens with zero attached hydrogens (tertiary/aromatic N) is 1. The average molecular weight is 442 g/mol. The van der Waals surface area contributed by atoms with Crippen LogP contribution in [0, 0.1) is 6.92 Å². The van der Waals surface area contributed by atoms with Crippen LogP contribution in [0.5, 0.6) is 5.75 Å². The highest BCUT2D eigenvalue weighted by molar-refractivity contribution is 7.09. The Labute approximate surface area is 183 Å². The van der Waals surface area contributed by atoms with Crippen LogP contribution in [0.2, 0.25) is 5.02 Å². The molecule has 1 aromatic heterocycles. The number of aryl methyl sites for hydroxylation is 1. The van der Waals surface area contributed by atoms with Crippen molar-refractivity contribution in [2.24, 2.45) is 0 Å². The van der Waals surface area contributed by atoms with E-state index in [4.69, 9.17) is 16.3 Å². The van der Waals surface area contributed by atoms with E-state index in [0.717, 1.165) is 16.3 Å². The molecule has 2 amide bonds. The lowest BCUT2D eigenvalue weighted by atomic mass is 10.2. The molecule has 0 aliphatic heterocycles. The minimum atomic E-state index is -0.316. The summed E-state index contributed by atoms with van der Waals surface area (Å²) in [6.45, 7) is 3.71. The smallest absolute Gasteiger partial charge is 0.248 e. The fraction of sp³-hybridized carbons (Fsp3) is 0.136. The van der Waals surface area contributed by atoms with E-state index in [0.29, 0.717) is 28.8 Å². The van der Waals surface area contributed by atoms with Crippen LogP contribution in [0.25, 0.3) is 6.08 Å². The molecule has 1 heterocycles. The van der Waals surface area contributed by atoms with Gasteiger partial charge in [0.2, 0.25) is 11.8 Å². The van der Waals surface area contributed by atoms with Crippen molar-refractivity contribution in [3.63, 3.8) is 0 Å². The molecule has 30 heavy (non-hydrogen) atoms. The number of amides is 2. The maximum atomic E-state index is 12.3. The van der Waals surface area contributed by atoms with Gasteiger partial charge in [0.15, 0.2) is 0 Å². The summed E-state index contributed by atoms with van der Waals surface area (Å²) in [6, 6.07) is 12.3. The summed E-state index contributed by atoms with van der Waals surface area (Å²) in [6.07, 6.45) is 3.11. The highest BCUT2D eigenvalue weighted by Crippen LogP contribution is 2.26. The van der Waals surface area contributed by atoms with Crippen LogP contribution >= 0.6 is 22.9 Å². The predicted octanol–water partition coefficient (Wildman–Crippen LogP) is 5.29. The van der Waals surface area contributed by atoms with Crippen molar-refractivity contribution in [2.75, 3.05) is 10.6 Å². The van der Waals surface area contributed by atoms with Gasteiger partial charge in [-0.25, -0.2) is 4.98 Å². The second-order valence-corrected chi connectivity index (χ2v) is 7.85. The predicted molar refractivity (Wildman–Crippen MR) is 121 cm³/mol. The molecule has 0 saturated carbocycles. The Hall–Kier alpha value is -3.16. The van der Waals surface area contributed by atoms with Gasteiger partial charge in [0, 0.05) is 29.6 Å². The van der Waals surface area contributed by atoms with Gasteiger partial charge in [-0.05, 0) is 37.3 Å². The molecule has 0 atom stereocenters. The van der Waals surface area contributed by atoms with E-state index in [1.165, 1.54) is 13.0 Å². The zero-order chi connectivity index (χ0) is 21.5. The maximum Gasteiger partial charge on any atom is 0.248 e. The molecule has 2 N–H and O–H groups in total. The summed E-state index contributed by atoms with van der Waals surface area (Å²) in [5.41, 5.74) is 2.65. The van der Waals surface area contributed by atoms with E-state index < -0.39 is 0 Å². The second kappa shape index (κ2) is 10.0. The number of carbonyl (C=O) groups excluding carboxylic acids is 2. The summed E-state index contributed by atoms with van der Waals surface area (Å²) < 4.78 is 5.86. The van der Waals surface area contributed by atoms with Crippen LogP contribution in [0.15, 0.2) is 53.9 Å². The number of ether oxygens (including phenoxy) is 1. The molecule has 2 aromatic carbocycles. The second-order valence-electron chi connectivity index (χ2n) is 6.38. The number of aromatic nitrogens is 1. The van der Waals surface area contributed by atoms with E-state index in [2.05, 4.69) is 15.6 Å². The van der Waals surface area contributed by atoms with Crippen LogP contribution < -0.4 is 15.4 Å². The molecule has 0 aliphatic rings. The standard InChI is InChI=1S/C22H20ClN3O3S/c1-14(27)24-20-9-8-17(11-19(20)23)26-22(28)10-7-16-5-3-4-6-21(16)29-12-18-13-30-15(2)25-18/h3-11,13H,12H2,1-2H3,(H,24,27)(H,26,28)/b10-7+. The molecule has 8 heteroatoms. The Morgan fingerprint density at radius 3 is 2.70 bits per heavy atom. The Bertz CT molecular complexity index is 1090. The number of benzene rings is 2. The number of carbonyl (C=O) groups is 2. The number of anilines is 2. The fourth-order valence-electron chi connectivity index (χ4n) is 2.61. The average Bonchev–Trinajstić information content (AvgIpc) is 3.12. The minimum absolute atomic E-state index is 0.220. The van der Waals surface area contributed by atoms with Crippen molar-refractivity contribution in [3.8, 4) is 5.75 Å². The van der Waals surface area contributed by atoms with Gasteiger partial charge in [0.05, 0.1) is 21.4 Å². The highest BCUT2D eigenvalue weighted by atomic mass is 35.5. The number of thiazole rings is 1. The third kappa shape index (κ3) is 6.17. The maximum absolute atomic E-state index is 12.3. The molecule has 0 saturated heterocycles. The Balaban J connectivity index is 1.63. The normalized spacial score (nSPS) is 10.8. The monoisotopic (exact) mass is 441 g/mol. The van der Waals surface area contributed by atoms with Gasteiger partial charge < -0.3 is 15.4 Å². The van der Waals surface area contributed by atoms with Crippen molar-refractivity contribution in [1.82, 2.24) is 4.98 Å². The number of hydrogen-bond donors (Lipinski definition) is 2. The lowest BCUT2D eigenvalue weighted by molar-refractivity contribution is -0.114. The van der Waals surface area contributed by atoms with E-state index in [1.807, 2.05) is 36.6 Å². The number of nitrogens with one attached hydrogen (secondary N) is 2. The van der Waals surface area contributed by atoms with Crippen molar-refractivity contribution in [2.45, 2.75) is 20.5 Å². The summed E-state index contributed by atoms with van der Waals surface area (Å²) >= 11 is 7.71. The van der Waals surface area contributed by atoms with E-state index in [1.54, 1.807) is 35.6 Å². The molecule has 0 aliphatic carbocycles. The Morgan fingerprint density at radius 1 is 1.20 bits per heavy atom.